The number of aromatic nitrogens is 2. The number of morpholine rings is 1. The summed E-state index contributed by atoms with van der Waals surface area (Å²) in [5, 5.41) is 14.4. The largest absolute Gasteiger partial charge is 0.378 e. The molecule has 1 saturated heterocycles. The van der Waals surface area contributed by atoms with Crippen molar-refractivity contribution in [2.75, 3.05) is 80.6 Å². The van der Waals surface area contributed by atoms with Gasteiger partial charge in [-0.15, -0.1) is 0 Å². The molecule has 1 aliphatic heterocycles. The number of likely N-dealkylation sites (N-methyl/N-ethyl adjacent to an activating group) is 1. The lowest BCUT2D eigenvalue weighted by Gasteiger charge is -2.29. The van der Waals surface area contributed by atoms with E-state index in [4.69, 9.17) is 21.3 Å². The summed E-state index contributed by atoms with van der Waals surface area (Å²) in [6, 6.07) is 13.5. The fraction of sp³-hybridized carbons (Fsp3) is 0.360. The van der Waals surface area contributed by atoms with E-state index < -0.39 is 7.14 Å². The van der Waals surface area contributed by atoms with Gasteiger partial charge in [0.25, 0.3) is 0 Å². The number of hydrogen-bond acceptors (Lipinski definition) is 9. The summed E-state index contributed by atoms with van der Waals surface area (Å²) in [5.41, 5.74) is 2.48. The minimum atomic E-state index is -2.48. The molecular weight excluding hydrogens is 497 g/mol. The van der Waals surface area contributed by atoms with Gasteiger partial charge in [0.15, 0.2) is 0 Å². The highest BCUT2D eigenvalue weighted by atomic mass is 35.5. The van der Waals surface area contributed by atoms with Gasteiger partial charge in [-0.1, -0.05) is 23.7 Å². The first-order chi connectivity index (χ1) is 17.3. The minimum Gasteiger partial charge on any atom is -0.378 e. The van der Waals surface area contributed by atoms with Crippen molar-refractivity contribution in [1.82, 2.24) is 15.3 Å². The Hall–Kier alpha value is -2.84. The third kappa shape index (κ3) is 6.89. The van der Waals surface area contributed by atoms with Gasteiger partial charge in [0.2, 0.25) is 0 Å². The van der Waals surface area contributed by atoms with Crippen molar-refractivity contribution < 1.29 is 9.30 Å². The van der Waals surface area contributed by atoms with Crippen molar-refractivity contribution in [3.8, 4) is 0 Å². The van der Waals surface area contributed by atoms with Crippen molar-refractivity contribution in [3.05, 3.63) is 53.7 Å². The van der Waals surface area contributed by atoms with E-state index in [1.165, 1.54) is 0 Å². The molecule has 3 aromatic rings. The zero-order valence-corrected chi connectivity index (χ0v) is 22.5. The van der Waals surface area contributed by atoms with Crippen LogP contribution in [0.5, 0.6) is 0 Å². The molecule has 1 aliphatic rings. The summed E-state index contributed by atoms with van der Waals surface area (Å²) in [5.74, 6) is 2.03. The van der Waals surface area contributed by atoms with Gasteiger partial charge < -0.3 is 35.5 Å². The molecule has 1 aromatic carbocycles. The zero-order valence-electron chi connectivity index (χ0n) is 20.8. The maximum Gasteiger partial charge on any atom is 0.135 e. The molecule has 0 unspecified atom stereocenters. The SMILES string of the molecule is CNCCNc1cc(N2CCOCC2)cc(Nc2cc(Nc3ccccc3P(C)(C)=O)c(Cl)cn2)n1. The van der Waals surface area contributed by atoms with Crippen molar-refractivity contribution in [2.45, 2.75) is 0 Å². The van der Waals surface area contributed by atoms with E-state index in [-0.39, 0.29) is 0 Å². The van der Waals surface area contributed by atoms with Crippen molar-refractivity contribution in [1.29, 1.82) is 0 Å². The summed E-state index contributed by atoms with van der Waals surface area (Å²) in [4.78, 5) is 11.5. The summed E-state index contributed by atoms with van der Waals surface area (Å²) < 4.78 is 18.3. The Labute approximate surface area is 217 Å². The fourth-order valence-corrected chi connectivity index (χ4v) is 5.22. The van der Waals surface area contributed by atoms with Crippen molar-refractivity contribution in [2.24, 2.45) is 0 Å². The van der Waals surface area contributed by atoms with Gasteiger partial charge in [0.05, 0.1) is 30.1 Å². The smallest absolute Gasteiger partial charge is 0.135 e. The first kappa shape index (κ1) is 26.2. The number of ether oxygens (including phenoxy) is 1. The molecule has 4 rings (SSSR count). The molecule has 9 nitrogen and oxygen atoms in total. The Morgan fingerprint density at radius 1 is 1.00 bits per heavy atom. The molecule has 0 saturated carbocycles. The van der Waals surface area contributed by atoms with Gasteiger partial charge in [-0.2, -0.15) is 0 Å². The molecule has 0 spiro atoms. The first-order valence-corrected chi connectivity index (χ1v) is 14.9. The Bertz CT molecular complexity index is 1230. The maximum atomic E-state index is 12.8. The van der Waals surface area contributed by atoms with Crippen LogP contribution < -0.4 is 31.5 Å². The van der Waals surface area contributed by atoms with Gasteiger partial charge in [-0.25, -0.2) is 9.97 Å². The molecule has 0 bridgehead atoms. The van der Waals surface area contributed by atoms with Crippen LogP contribution >= 0.6 is 18.7 Å². The van der Waals surface area contributed by atoms with E-state index in [2.05, 4.69) is 37.2 Å². The second-order valence-corrected chi connectivity index (χ2v) is 12.5. The molecule has 0 aliphatic carbocycles. The number of anilines is 6. The molecular formula is C25H33ClN7O2P. The van der Waals surface area contributed by atoms with Crippen LogP contribution in [0, 0.1) is 0 Å². The zero-order chi connectivity index (χ0) is 25.5. The number of nitrogens with zero attached hydrogens (tertiary/aromatic N) is 3. The van der Waals surface area contributed by atoms with E-state index in [1.54, 1.807) is 19.5 Å². The standard InChI is InChI=1S/C25H33ClN7O2P/c1-27-8-9-28-23-14-18(33-10-12-35-13-11-33)15-25(31-23)32-24-16-21(19(26)17-29-24)30-20-6-4-5-7-22(20)36(2,3)34/h4-7,14-17,27H,8-13H2,1-3H3,(H3,28,29,30,31,32). The number of nitrogens with one attached hydrogen (secondary N) is 4. The number of benzene rings is 1. The van der Waals surface area contributed by atoms with Crippen LogP contribution in [-0.4, -0.2) is 69.7 Å². The van der Waals surface area contributed by atoms with Crippen LogP contribution in [0.25, 0.3) is 0 Å². The molecule has 0 amide bonds. The Morgan fingerprint density at radius 2 is 1.75 bits per heavy atom. The van der Waals surface area contributed by atoms with Crippen LogP contribution in [0.1, 0.15) is 0 Å². The lowest BCUT2D eigenvalue weighted by atomic mass is 10.2. The second kappa shape index (κ2) is 11.9. The third-order valence-electron chi connectivity index (χ3n) is 5.73. The average molecular weight is 530 g/mol. The van der Waals surface area contributed by atoms with E-state index in [0.29, 0.717) is 35.6 Å². The van der Waals surface area contributed by atoms with Gasteiger partial charge in [0.1, 0.15) is 24.6 Å². The second-order valence-electron chi connectivity index (χ2n) is 8.89. The van der Waals surface area contributed by atoms with Gasteiger partial charge >= 0.3 is 0 Å². The van der Waals surface area contributed by atoms with Gasteiger partial charge in [0, 0.05) is 61.1 Å². The van der Waals surface area contributed by atoms with Crippen molar-refractivity contribution >= 4 is 58.6 Å². The predicted octanol–water partition coefficient (Wildman–Crippen LogP) is 4.33. The fourth-order valence-electron chi connectivity index (χ4n) is 3.92. The summed E-state index contributed by atoms with van der Waals surface area (Å²) in [7, 11) is -0.564. The highest BCUT2D eigenvalue weighted by Crippen LogP contribution is 2.39. The number of hydrogen-bond donors (Lipinski definition) is 4. The maximum absolute atomic E-state index is 12.8. The van der Waals surface area contributed by atoms with Gasteiger partial charge in [-0.3, -0.25) is 0 Å². The van der Waals surface area contributed by atoms with Crippen LogP contribution in [0.15, 0.2) is 48.7 Å². The Morgan fingerprint density at radius 3 is 2.50 bits per heavy atom. The predicted molar refractivity (Wildman–Crippen MR) is 151 cm³/mol. The number of halogens is 1. The highest BCUT2D eigenvalue weighted by molar-refractivity contribution is 7.70. The van der Waals surface area contributed by atoms with E-state index >= 15 is 0 Å². The average Bonchev–Trinajstić information content (AvgIpc) is 2.86. The summed E-state index contributed by atoms with van der Waals surface area (Å²) >= 11 is 6.47. The monoisotopic (exact) mass is 529 g/mol. The molecule has 0 radical (unpaired) electrons. The molecule has 0 atom stereocenters. The minimum absolute atomic E-state index is 0.460. The molecule has 4 N–H and O–H groups in total. The van der Waals surface area contributed by atoms with Gasteiger partial charge in [-0.05, 0) is 32.5 Å². The summed E-state index contributed by atoms with van der Waals surface area (Å²) in [6.45, 7) is 8.13. The highest BCUT2D eigenvalue weighted by Gasteiger charge is 2.17. The van der Waals surface area contributed by atoms with Crippen molar-refractivity contribution in [3.63, 3.8) is 0 Å². The molecule has 11 heteroatoms. The number of rotatable bonds is 10. The van der Waals surface area contributed by atoms with E-state index in [0.717, 1.165) is 48.7 Å². The lowest BCUT2D eigenvalue weighted by Crippen LogP contribution is -2.36. The van der Waals surface area contributed by atoms with Crippen LogP contribution in [0.4, 0.5) is 34.5 Å². The van der Waals surface area contributed by atoms with E-state index in [1.807, 2.05) is 43.4 Å². The molecule has 192 valence electrons. The third-order valence-corrected chi connectivity index (χ3v) is 7.58. The van der Waals surface area contributed by atoms with Crippen LogP contribution in [0.2, 0.25) is 5.02 Å². The normalized spacial score (nSPS) is 13.9. The molecule has 1 fully saturated rings. The first-order valence-electron chi connectivity index (χ1n) is 11.9. The molecule has 36 heavy (non-hydrogen) atoms. The van der Waals surface area contributed by atoms with E-state index in [9.17, 15) is 4.57 Å². The van der Waals surface area contributed by atoms with Crippen LogP contribution in [0.3, 0.4) is 0 Å². The van der Waals surface area contributed by atoms with Crippen LogP contribution in [-0.2, 0) is 9.30 Å². The number of para-hydroxylation sites is 1. The lowest BCUT2D eigenvalue weighted by molar-refractivity contribution is 0.122. The quantitative estimate of drug-likeness (QED) is 0.226. The Kier molecular flexibility index (Phi) is 8.69. The molecule has 2 aromatic heterocycles. The number of pyridine rings is 2. The Balaban J connectivity index is 1.60. The topological polar surface area (TPSA) is 103 Å². The summed E-state index contributed by atoms with van der Waals surface area (Å²) in [6.07, 6.45) is 1.59. The molecule has 3 heterocycles.